The van der Waals surface area contributed by atoms with Gasteiger partial charge in [-0.25, -0.2) is 9.59 Å². The number of hydrogen-bond donors (Lipinski definition) is 2. The summed E-state index contributed by atoms with van der Waals surface area (Å²) in [6, 6.07) is 3.02. The van der Waals surface area contributed by atoms with Gasteiger partial charge in [-0.15, -0.1) is 11.8 Å². The average molecular weight is 440 g/mol. The molecule has 0 bridgehead atoms. The van der Waals surface area contributed by atoms with Crippen LogP contribution in [0.5, 0.6) is 5.75 Å². The van der Waals surface area contributed by atoms with Crippen LogP contribution >= 0.6 is 11.8 Å². The fourth-order valence-electron chi connectivity index (χ4n) is 2.78. The van der Waals surface area contributed by atoms with Crippen molar-refractivity contribution in [2.45, 2.75) is 89.7 Å². The molecule has 1 atom stereocenters. The van der Waals surface area contributed by atoms with Crippen LogP contribution in [0.3, 0.4) is 0 Å². The first-order chi connectivity index (χ1) is 13.5. The monoisotopic (exact) mass is 439 g/mol. The molecule has 6 nitrogen and oxygen atoms in total. The van der Waals surface area contributed by atoms with E-state index in [0.29, 0.717) is 5.75 Å². The van der Waals surface area contributed by atoms with Crippen molar-refractivity contribution in [3.63, 3.8) is 0 Å². The first-order valence-corrected chi connectivity index (χ1v) is 11.0. The van der Waals surface area contributed by atoms with Crippen molar-refractivity contribution in [3.8, 4) is 5.75 Å². The minimum Gasteiger partial charge on any atom is -0.507 e. The summed E-state index contributed by atoms with van der Waals surface area (Å²) in [7, 11) is 1.28. The van der Waals surface area contributed by atoms with Gasteiger partial charge in [0.25, 0.3) is 0 Å². The van der Waals surface area contributed by atoms with E-state index in [1.54, 1.807) is 20.8 Å². The van der Waals surface area contributed by atoms with E-state index in [1.165, 1.54) is 18.9 Å². The van der Waals surface area contributed by atoms with E-state index in [0.717, 1.165) is 16.0 Å². The molecule has 1 aromatic rings. The second-order valence-electron chi connectivity index (χ2n) is 10.4. The first kappa shape index (κ1) is 26.1. The summed E-state index contributed by atoms with van der Waals surface area (Å²) in [6.45, 7) is 17.5. The van der Waals surface area contributed by atoms with Crippen molar-refractivity contribution in [3.05, 3.63) is 23.3 Å². The third kappa shape index (κ3) is 7.74. The molecular weight excluding hydrogens is 402 g/mol. The highest BCUT2D eigenvalue weighted by Crippen LogP contribution is 2.41. The highest BCUT2D eigenvalue weighted by molar-refractivity contribution is 7.99. The molecule has 0 aromatic heterocycles. The lowest BCUT2D eigenvalue weighted by atomic mass is 9.79. The number of rotatable bonds is 5. The van der Waals surface area contributed by atoms with Crippen molar-refractivity contribution in [2.75, 3.05) is 12.9 Å². The normalized spacial score (nSPS) is 13.5. The first-order valence-electron chi connectivity index (χ1n) is 10.0. The Balaban J connectivity index is 3.17. The van der Waals surface area contributed by atoms with Crippen LogP contribution in [0.4, 0.5) is 4.79 Å². The maximum absolute atomic E-state index is 12.2. The Morgan fingerprint density at radius 2 is 1.47 bits per heavy atom. The van der Waals surface area contributed by atoms with Crippen LogP contribution < -0.4 is 5.32 Å². The minimum absolute atomic E-state index is 0.253. The largest absolute Gasteiger partial charge is 0.507 e. The predicted octanol–water partition coefficient (Wildman–Crippen LogP) is 5.15. The Kier molecular flexibility index (Phi) is 8.28. The van der Waals surface area contributed by atoms with Crippen LogP contribution in [0.25, 0.3) is 0 Å². The van der Waals surface area contributed by atoms with E-state index in [-0.39, 0.29) is 16.6 Å². The number of phenolic OH excluding ortho intramolecular Hbond substituents is 1. The quantitative estimate of drug-likeness (QED) is 0.488. The highest BCUT2D eigenvalue weighted by Gasteiger charge is 2.28. The molecule has 2 N–H and O–H groups in total. The van der Waals surface area contributed by atoms with Gasteiger partial charge in [0.2, 0.25) is 0 Å². The van der Waals surface area contributed by atoms with Gasteiger partial charge in [0.1, 0.15) is 17.4 Å². The molecule has 1 aromatic carbocycles. The number of ether oxygens (including phenoxy) is 2. The molecule has 0 radical (unpaired) electrons. The number of phenols is 1. The van der Waals surface area contributed by atoms with Gasteiger partial charge < -0.3 is 19.9 Å². The number of thioether (sulfide) groups is 1. The van der Waals surface area contributed by atoms with Crippen LogP contribution in [0.2, 0.25) is 0 Å². The number of aromatic hydroxyl groups is 1. The molecule has 0 spiro atoms. The van der Waals surface area contributed by atoms with Gasteiger partial charge in [-0.3, -0.25) is 0 Å². The summed E-state index contributed by atoms with van der Waals surface area (Å²) in [4.78, 5) is 25.2. The molecule has 0 heterocycles. The molecule has 1 rings (SSSR count). The van der Waals surface area contributed by atoms with Gasteiger partial charge in [-0.2, -0.15) is 0 Å². The smallest absolute Gasteiger partial charge is 0.408 e. The third-order valence-corrected chi connectivity index (χ3v) is 5.36. The van der Waals surface area contributed by atoms with Crippen LogP contribution in [0, 0.1) is 0 Å². The number of amides is 1. The van der Waals surface area contributed by atoms with E-state index in [1.807, 2.05) is 53.7 Å². The Morgan fingerprint density at radius 3 is 1.83 bits per heavy atom. The lowest BCUT2D eigenvalue weighted by molar-refractivity contribution is -0.142. The van der Waals surface area contributed by atoms with Gasteiger partial charge in [0.05, 0.1) is 7.11 Å². The number of hydrogen-bond acceptors (Lipinski definition) is 6. The molecule has 1 amide bonds. The lowest BCUT2D eigenvalue weighted by Gasteiger charge is -2.28. The van der Waals surface area contributed by atoms with Crippen molar-refractivity contribution < 1.29 is 24.2 Å². The zero-order valence-corrected chi connectivity index (χ0v) is 20.7. The van der Waals surface area contributed by atoms with Gasteiger partial charge in [-0.05, 0) is 43.7 Å². The molecule has 0 unspecified atom stereocenters. The van der Waals surface area contributed by atoms with Crippen LogP contribution in [0.15, 0.2) is 17.0 Å². The van der Waals surface area contributed by atoms with Crippen LogP contribution in [-0.2, 0) is 25.1 Å². The van der Waals surface area contributed by atoms with Crippen molar-refractivity contribution in [2.24, 2.45) is 0 Å². The molecule has 30 heavy (non-hydrogen) atoms. The number of nitrogens with one attached hydrogen (secondary N) is 1. The number of carbonyl (C=O) groups excluding carboxylic acids is 2. The summed E-state index contributed by atoms with van der Waals surface area (Å²) >= 11 is 1.42. The Bertz CT molecular complexity index is 734. The third-order valence-electron chi connectivity index (χ3n) is 4.29. The second-order valence-corrected chi connectivity index (χ2v) is 11.5. The van der Waals surface area contributed by atoms with E-state index < -0.39 is 23.7 Å². The van der Waals surface area contributed by atoms with Crippen LogP contribution in [0.1, 0.15) is 73.4 Å². The topological polar surface area (TPSA) is 84.9 Å². The molecular formula is C23H37NO5S. The number of alkyl carbamates (subject to hydrolysis) is 1. The zero-order valence-electron chi connectivity index (χ0n) is 19.9. The van der Waals surface area contributed by atoms with Gasteiger partial charge in [0, 0.05) is 21.8 Å². The fraction of sp³-hybridized carbons (Fsp3) is 0.652. The van der Waals surface area contributed by atoms with Gasteiger partial charge >= 0.3 is 12.1 Å². The van der Waals surface area contributed by atoms with E-state index in [2.05, 4.69) is 5.32 Å². The Labute approximate surface area is 185 Å². The molecule has 0 saturated carbocycles. The molecule has 0 aliphatic rings. The summed E-state index contributed by atoms with van der Waals surface area (Å²) < 4.78 is 10.1. The van der Waals surface area contributed by atoms with Gasteiger partial charge in [-0.1, -0.05) is 41.5 Å². The highest BCUT2D eigenvalue weighted by atomic mass is 32.2. The number of benzene rings is 1. The Hall–Kier alpha value is -1.89. The summed E-state index contributed by atoms with van der Waals surface area (Å²) in [5, 5.41) is 13.4. The lowest BCUT2D eigenvalue weighted by Crippen LogP contribution is -2.45. The van der Waals surface area contributed by atoms with Crippen molar-refractivity contribution in [1.82, 2.24) is 5.32 Å². The average Bonchev–Trinajstić information content (AvgIpc) is 2.55. The maximum Gasteiger partial charge on any atom is 0.408 e. The van der Waals surface area contributed by atoms with Crippen molar-refractivity contribution >= 4 is 23.8 Å². The number of carbonyl (C=O) groups is 2. The van der Waals surface area contributed by atoms with Crippen LogP contribution in [-0.4, -0.2) is 41.7 Å². The molecule has 0 saturated heterocycles. The fourth-order valence-corrected chi connectivity index (χ4v) is 3.76. The van der Waals surface area contributed by atoms with Crippen molar-refractivity contribution in [1.29, 1.82) is 0 Å². The molecule has 7 heteroatoms. The summed E-state index contributed by atoms with van der Waals surface area (Å²) in [5.74, 6) is 0.0270. The summed E-state index contributed by atoms with van der Waals surface area (Å²) in [5.41, 5.74) is 0.506. The van der Waals surface area contributed by atoms with E-state index in [4.69, 9.17) is 9.47 Å². The van der Waals surface area contributed by atoms with E-state index in [9.17, 15) is 14.7 Å². The van der Waals surface area contributed by atoms with Gasteiger partial charge in [0.15, 0.2) is 0 Å². The standard InChI is InChI=1S/C23H37NO5S/c1-21(2,3)15-11-14(12-16(18(15)25)22(4,5)6)30-13-17(19(26)28-10)24-20(27)29-23(7,8)9/h11-12,17,25H,13H2,1-10H3,(H,24,27)/t17-/m0/s1. The molecule has 170 valence electrons. The molecule has 0 fully saturated rings. The second kappa shape index (κ2) is 9.50. The molecule has 0 aliphatic carbocycles. The molecule has 0 aliphatic heterocycles. The summed E-state index contributed by atoms with van der Waals surface area (Å²) in [6.07, 6.45) is -0.671. The number of esters is 1. The predicted molar refractivity (Wildman–Crippen MR) is 121 cm³/mol. The maximum atomic E-state index is 12.2. The number of methoxy groups -OCH3 is 1. The van der Waals surface area contributed by atoms with E-state index >= 15 is 0 Å². The minimum atomic E-state index is -0.861. The SMILES string of the molecule is COC(=O)[C@H](CSc1cc(C(C)(C)C)c(O)c(C(C)(C)C)c1)NC(=O)OC(C)(C)C. The Morgan fingerprint density at radius 1 is 1.00 bits per heavy atom. The zero-order chi connectivity index (χ0) is 23.5.